The molecule has 1 aromatic rings. The van der Waals surface area contributed by atoms with Crippen molar-refractivity contribution in [2.24, 2.45) is 11.3 Å². The number of epoxide rings is 1. The Kier molecular flexibility index (Phi) is 9.49. The van der Waals surface area contributed by atoms with Crippen LogP contribution in [0, 0.1) is 18.3 Å². The quantitative estimate of drug-likeness (QED) is 0.312. The predicted molar refractivity (Wildman–Crippen MR) is 149 cm³/mol. The number of aliphatic hydroxyl groups excluding tert-OH is 2. The van der Waals surface area contributed by atoms with Gasteiger partial charge in [-0.25, -0.2) is 4.98 Å². The number of allylic oxidation sites excluding steroid dienone is 2. The number of cyclic esters (lactones) is 1. The fraction of sp³-hybridized carbons (Fsp3) is 0.700. The molecule has 39 heavy (non-hydrogen) atoms. The minimum Gasteiger partial charge on any atom is -0.458 e. The molecule has 0 unspecified atom stereocenters. The summed E-state index contributed by atoms with van der Waals surface area (Å²) in [5, 5.41) is 25.4. The van der Waals surface area contributed by atoms with Crippen LogP contribution in [0.2, 0.25) is 0 Å². The third-order valence-electron chi connectivity index (χ3n) is 8.83. The molecule has 1 aliphatic carbocycles. The van der Waals surface area contributed by atoms with Gasteiger partial charge in [0.15, 0.2) is 0 Å². The number of carbonyl (C=O) groups excluding carboxylic acids is 2. The number of hydrogen-bond acceptors (Lipinski definition) is 9. The topological polar surface area (TPSA) is 118 Å². The van der Waals surface area contributed by atoms with Crippen LogP contribution in [0.15, 0.2) is 23.1 Å². The second-order valence-corrected chi connectivity index (χ2v) is 12.7. The summed E-state index contributed by atoms with van der Waals surface area (Å²) < 4.78 is 18.0. The van der Waals surface area contributed by atoms with Crippen LogP contribution >= 0.6 is 11.3 Å². The monoisotopic (exact) mass is 561 g/mol. The van der Waals surface area contributed by atoms with Crippen molar-refractivity contribution < 1.29 is 34.0 Å². The summed E-state index contributed by atoms with van der Waals surface area (Å²) in [4.78, 5) is 31.6. The Labute approximate surface area is 235 Å². The Bertz CT molecular complexity index is 1090. The van der Waals surface area contributed by atoms with Crippen LogP contribution in [0.3, 0.4) is 0 Å². The van der Waals surface area contributed by atoms with Gasteiger partial charge >= 0.3 is 5.97 Å². The number of aliphatic hydroxyl groups is 2. The number of thiazole rings is 1. The van der Waals surface area contributed by atoms with Crippen LogP contribution in [0.5, 0.6) is 0 Å². The lowest BCUT2D eigenvalue weighted by molar-refractivity contribution is -0.163. The van der Waals surface area contributed by atoms with E-state index in [0.717, 1.165) is 22.7 Å². The molecule has 8 nitrogen and oxygen atoms in total. The normalized spacial score (nSPS) is 36.4. The molecule has 0 aromatic carbocycles. The fourth-order valence-electron chi connectivity index (χ4n) is 5.89. The third-order valence-corrected chi connectivity index (χ3v) is 9.62. The van der Waals surface area contributed by atoms with Crippen molar-refractivity contribution in [2.75, 3.05) is 6.61 Å². The van der Waals surface area contributed by atoms with Crippen molar-refractivity contribution in [2.45, 2.75) is 116 Å². The van der Waals surface area contributed by atoms with Crippen LogP contribution < -0.4 is 0 Å². The highest BCUT2D eigenvalue weighted by Gasteiger charge is 2.55. The largest absolute Gasteiger partial charge is 0.458 e. The first-order valence-electron chi connectivity index (χ1n) is 14.1. The second kappa shape index (κ2) is 12.3. The number of esters is 1. The lowest BCUT2D eigenvalue weighted by Crippen LogP contribution is -2.54. The van der Waals surface area contributed by atoms with Crippen molar-refractivity contribution in [3.8, 4) is 0 Å². The first kappa shape index (κ1) is 30.1. The number of fused-ring (bicyclic) bond motifs is 1. The molecule has 9 heteroatoms. The molecule has 0 radical (unpaired) electrons. The summed E-state index contributed by atoms with van der Waals surface area (Å²) in [7, 11) is 0. The summed E-state index contributed by atoms with van der Waals surface area (Å²) in [6.07, 6.45) is 5.03. The van der Waals surface area contributed by atoms with E-state index < -0.39 is 47.3 Å². The summed E-state index contributed by atoms with van der Waals surface area (Å²) in [5.41, 5.74) is 0.153. The van der Waals surface area contributed by atoms with Gasteiger partial charge in [-0.1, -0.05) is 18.6 Å². The molecule has 1 saturated carbocycles. The SMILES string of the molecule is CC=CC[C@H]1C(=O)C2(CCC2)[C@@H](O)CC(=O)O[C@H](C(C)=Cc2csc(C)n2)C[C@@H]2O[C@]2(C)CCO[C@H](C)[C@H]1O. The summed E-state index contributed by atoms with van der Waals surface area (Å²) >= 11 is 1.55. The smallest absolute Gasteiger partial charge is 0.309 e. The van der Waals surface area contributed by atoms with Gasteiger partial charge in [-0.05, 0) is 65.5 Å². The number of Topliss-reactive ketones (excluding diaryl/α,β-unsaturated/α-hetero) is 1. The molecule has 7 atom stereocenters. The van der Waals surface area contributed by atoms with Crippen molar-refractivity contribution in [1.82, 2.24) is 4.98 Å². The van der Waals surface area contributed by atoms with E-state index in [0.29, 0.717) is 38.7 Å². The first-order valence-corrected chi connectivity index (χ1v) is 15.0. The maximum Gasteiger partial charge on any atom is 0.309 e. The van der Waals surface area contributed by atoms with Crippen molar-refractivity contribution in [3.05, 3.63) is 33.8 Å². The second-order valence-electron chi connectivity index (χ2n) is 11.6. The molecule has 1 spiro atoms. The Balaban J connectivity index is 1.61. The fourth-order valence-corrected chi connectivity index (χ4v) is 6.46. The van der Waals surface area contributed by atoms with E-state index >= 15 is 0 Å². The number of ketones is 1. The van der Waals surface area contributed by atoms with Crippen molar-refractivity contribution >= 4 is 29.2 Å². The number of ether oxygens (including phenoxy) is 3. The maximum atomic E-state index is 13.9. The average molecular weight is 562 g/mol. The number of rotatable bonds is 4. The van der Waals surface area contributed by atoms with Crippen LogP contribution in [-0.2, 0) is 23.8 Å². The Morgan fingerprint density at radius 1 is 1.26 bits per heavy atom. The molecule has 2 aliphatic heterocycles. The van der Waals surface area contributed by atoms with Gasteiger partial charge in [0.1, 0.15) is 11.9 Å². The Morgan fingerprint density at radius 3 is 2.62 bits per heavy atom. The summed E-state index contributed by atoms with van der Waals surface area (Å²) in [6, 6.07) is 0. The van der Waals surface area contributed by atoms with Crippen LogP contribution in [0.1, 0.15) is 83.3 Å². The molecule has 3 heterocycles. The van der Waals surface area contributed by atoms with E-state index in [9.17, 15) is 19.8 Å². The number of hydrogen-bond donors (Lipinski definition) is 2. The highest BCUT2D eigenvalue weighted by atomic mass is 32.1. The molecular formula is C30H43NO7S. The molecule has 2 N–H and O–H groups in total. The lowest BCUT2D eigenvalue weighted by Gasteiger charge is -2.46. The molecule has 2 saturated heterocycles. The first-order chi connectivity index (χ1) is 18.5. The van der Waals surface area contributed by atoms with Crippen molar-refractivity contribution in [3.63, 3.8) is 0 Å². The van der Waals surface area contributed by atoms with Gasteiger partial charge in [0.25, 0.3) is 0 Å². The predicted octanol–water partition coefficient (Wildman–Crippen LogP) is 4.56. The Morgan fingerprint density at radius 2 is 2.00 bits per heavy atom. The lowest BCUT2D eigenvalue weighted by atomic mass is 9.58. The molecule has 216 valence electrons. The average Bonchev–Trinajstić information content (AvgIpc) is 3.29. The number of aromatic nitrogens is 1. The molecular weight excluding hydrogens is 518 g/mol. The van der Waals surface area contributed by atoms with E-state index in [1.165, 1.54) is 0 Å². The summed E-state index contributed by atoms with van der Waals surface area (Å²) in [6.45, 7) is 9.87. The van der Waals surface area contributed by atoms with Gasteiger partial charge in [-0.2, -0.15) is 0 Å². The standard InChI is InChI=1S/C30H43NO7S/c1-6-7-9-22-27(34)19(3)36-13-12-29(5)25(38-29)15-23(18(2)14-21-17-39-20(4)31-21)37-26(33)16-24(32)30(28(22)35)10-8-11-30/h6-7,14,17,19,22-25,27,32,34H,8-13,15-16H2,1-5H3/t19-,22-,23+,24+,25+,27-,29-/m1/s1. The summed E-state index contributed by atoms with van der Waals surface area (Å²) in [5.74, 6) is -1.49. The maximum absolute atomic E-state index is 13.9. The number of aryl methyl sites for hydroxylation is 1. The molecule has 3 aliphatic rings. The molecule has 3 fully saturated rings. The minimum absolute atomic E-state index is 0.125. The van der Waals surface area contributed by atoms with E-state index in [1.807, 2.05) is 51.3 Å². The van der Waals surface area contributed by atoms with Gasteiger partial charge in [0.2, 0.25) is 0 Å². The number of nitrogens with zero attached hydrogens (tertiary/aromatic N) is 1. The highest BCUT2D eigenvalue weighted by Crippen LogP contribution is 2.49. The van der Waals surface area contributed by atoms with Gasteiger partial charge in [0, 0.05) is 24.8 Å². The zero-order valence-corrected chi connectivity index (χ0v) is 24.5. The highest BCUT2D eigenvalue weighted by molar-refractivity contribution is 7.09. The van der Waals surface area contributed by atoms with Crippen LogP contribution in [0.4, 0.5) is 0 Å². The molecule has 4 rings (SSSR count). The zero-order chi connectivity index (χ0) is 28.4. The van der Waals surface area contributed by atoms with Crippen LogP contribution in [-0.4, -0.2) is 69.7 Å². The molecule has 0 amide bonds. The zero-order valence-electron chi connectivity index (χ0n) is 23.7. The van der Waals surface area contributed by atoms with Crippen LogP contribution in [0.25, 0.3) is 6.08 Å². The number of carbonyl (C=O) groups is 2. The third kappa shape index (κ3) is 6.70. The molecule has 1 aromatic heterocycles. The minimum atomic E-state index is -1.19. The van der Waals surface area contributed by atoms with E-state index in [2.05, 4.69) is 4.98 Å². The van der Waals surface area contributed by atoms with E-state index in [4.69, 9.17) is 14.2 Å². The van der Waals surface area contributed by atoms with Crippen molar-refractivity contribution in [1.29, 1.82) is 0 Å². The van der Waals surface area contributed by atoms with Gasteiger partial charge in [0.05, 0.1) is 58.5 Å². The van der Waals surface area contributed by atoms with E-state index in [-0.39, 0.29) is 18.3 Å². The molecule has 0 bridgehead atoms. The van der Waals surface area contributed by atoms with Gasteiger partial charge < -0.3 is 24.4 Å². The van der Waals surface area contributed by atoms with Gasteiger partial charge in [-0.3, -0.25) is 9.59 Å². The van der Waals surface area contributed by atoms with Gasteiger partial charge in [-0.15, -0.1) is 11.3 Å². The van der Waals surface area contributed by atoms with E-state index in [1.54, 1.807) is 18.3 Å². The Hall–Kier alpha value is -1.91.